The summed E-state index contributed by atoms with van der Waals surface area (Å²) in [7, 11) is -3.23. The van der Waals surface area contributed by atoms with Gasteiger partial charge >= 0.3 is 0 Å². The quantitative estimate of drug-likeness (QED) is 0.788. The third kappa shape index (κ3) is 3.67. The molecule has 1 amide bonds. The Balaban J connectivity index is 1.99. The van der Waals surface area contributed by atoms with Gasteiger partial charge in [0.2, 0.25) is 10.0 Å². The van der Waals surface area contributed by atoms with Crippen molar-refractivity contribution in [1.29, 1.82) is 0 Å². The lowest BCUT2D eigenvalue weighted by Gasteiger charge is -2.31. The Kier molecular flexibility index (Phi) is 4.24. The van der Waals surface area contributed by atoms with Gasteiger partial charge in [0.15, 0.2) is 5.43 Å². The van der Waals surface area contributed by atoms with E-state index in [2.05, 4.69) is 9.71 Å². The van der Waals surface area contributed by atoms with Crippen LogP contribution < -0.4 is 10.2 Å². The van der Waals surface area contributed by atoms with E-state index in [-0.39, 0.29) is 22.9 Å². The Morgan fingerprint density at radius 1 is 1.40 bits per heavy atom. The smallest absolute Gasteiger partial charge is 0.259 e. The number of aromatic nitrogens is 1. The van der Waals surface area contributed by atoms with E-state index in [1.165, 1.54) is 18.5 Å². The normalized spacial score (nSPS) is 17.1. The number of hydrogen-bond donors (Lipinski definition) is 2. The zero-order valence-corrected chi connectivity index (χ0v) is 11.9. The Morgan fingerprint density at radius 3 is 2.60 bits per heavy atom. The van der Waals surface area contributed by atoms with Gasteiger partial charge in [-0.3, -0.25) is 9.59 Å². The van der Waals surface area contributed by atoms with Gasteiger partial charge in [0.25, 0.3) is 5.91 Å². The predicted octanol–water partition coefficient (Wildman–Crippen LogP) is -0.471. The molecule has 1 aliphatic heterocycles. The van der Waals surface area contributed by atoms with E-state index < -0.39 is 10.0 Å². The number of sulfonamides is 1. The Morgan fingerprint density at radius 2 is 2.05 bits per heavy atom. The first kappa shape index (κ1) is 14.7. The lowest BCUT2D eigenvalue weighted by molar-refractivity contribution is 0.0709. The van der Waals surface area contributed by atoms with Gasteiger partial charge in [-0.15, -0.1) is 0 Å². The van der Waals surface area contributed by atoms with Gasteiger partial charge < -0.3 is 9.88 Å². The maximum absolute atomic E-state index is 12.2. The van der Waals surface area contributed by atoms with Crippen LogP contribution in [0.4, 0.5) is 0 Å². The fourth-order valence-corrected chi connectivity index (χ4v) is 3.10. The average molecular weight is 299 g/mol. The number of carbonyl (C=O) groups excluding carboxylic acids is 1. The zero-order valence-electron chi connectivity index (χ0n) is 11.1. The van der Waals surface area contributed by atoms with E-state index in [1.807, 2.05) is 0 Å². The number of hydrogen-bond acceptors (Lipinski definition) is 4. The van der Waals surface area contributed by atoms with Crippen LogP contribution in [0, 0.1) is 0 Å². The third-order valence-electron chi connectivity index (χ3n) is 3.22. The van der Waals surface area contributed by atoms with Gasteiger partial charge in [-0.1, -0.05) is 0 Å². The van der Waals surface area contributed by atoms with Crippen molar-refractivity contribution in [1.82, 2.24) is 14.6 Å². The zero-order chi connectivity index (χ0) is 14.8. The van der Waals surface area contributed by atoms with Crippen LogP contribution in [0.15, 0.2) is 23.3 Å². The summed E-state index contributed by atoms with van der Waals surface area (Å²) >= 11 is 0. The van der Waals surface area contributed by atoms with Crippen LogP contribution in [-0.2, 0) is 10.0 Å². The minimum Gasteiger partial charge on any atom is -0.367 e. The maximum atomic E-state index is 12.2. The molecule has 2 heterocycles. The number of H-pyrrole nitrogens is 1. The molecule has 0 bridgehead atoms. The van der Waals surface area contributed by atoms with E-state index in [0.29, 0.717) is 25.9 Å². The third-order valence-corrected chi connectivity index (χ3v) is 3.98. The van der Waals surface area contributed by atoms with E-state index in [4.69, 9.17) is 0 Å². The molecule has 0 aromatic carbocycles. The molecule has 0 aliphatic carbocycles. The highest BCUT2D eigenvalue weighted by Gasteiger charge is 2.26. The molecule has 1 aliphatic rings. The van der Waals surface area contributed by atoms with Crippen molar-refractivity contribution < 1.29 is 13.2 Å². The number of pyridine rings is 1. The highest BCUT2D eigenvalue weighted by atomic mass is 32.2. The fourth-order valence-electron chi connectivity index (χ4n) is 2.26. The minimum absolute atomic E-state index is 0.113. The molecule has 0 spiro atoms. The SMILES string of the molecule is CS(=O)(=O)NC1CCN(C(=O)c2c[nH]ccc2=O)CC1. The number of rotatable bonds is 3. The van der Waals surface area contributed by atoms with Crippen LogP contribution in [0.2, 0.25) is 0 Å². The fraction of sp³-hybridized carbons (Fsp3) is 0.500. The topological polar surface area (TPSA) is 99.3 Å². The van der Waals surface area contributed by atoms with E-state index >= 15 is 0 Å². The monoisotopic (exact) mass is 299 g/mol. The van der Waals surface area contributed by atoms with E-state index in [1.54, 1.807) is 4.90 Å². The van der Waals surface area contributed by atoms with Crippen LogP contribution in [0.1, 0.15) is 23.2 Å². The summed E-state index contributed by atoms with van der Waals surface area (Å²) in [4.78, 5) is 28.1. The molecular weight excluding hydrogens is 282 g/mol. The summed E-state index contributed by atoms with van der Waals surface area (Å²) in [5.74, 6) is -0.315. The Bertz CT molecular complexity index is 645. The molecule has 2 rings (SSSR count). The molecule has 1 aromatic heterocycles. The largest absolute Gasteiger partial charge is 0.367 e. The van der Waals surface area contributed by atoms with Gasteiger partial charge in [0, 0.05) is 37.6 Å². The molecule has 1 saturated heterocycles. The summed E-state index contributed by atoms with van der Waals surface area (Å²) < 4.78 is 24.8. The van der Waals surface area contributed by atoms with Gasteiger partial charge in [0.05, 0.1) is 6.26 Å². The number of amides is 1. The summed E-state index contributed by atoms with van der Waals surface area (Å²) in [6.07, 6.45) is 5.08. The van der Waals surface area contributed by atoms with Crippen molar-refractivity contribution in [2.45, 2.75) is 18.9 Å². The van der Waals surface area contributed by atoms with Gasteiger partial charge in [-0.05, 0) is 12.8 Å². The van der Waals surface area contributed by atoms with Crippen molar-refractivity contribution in [3.63, 3.8) is 0 Å². The van der Waals surface area contributed by atoms with Crippen molar-refractivity contribution in [2.75, 3.05) is 19.3 Å². The first-order chi connectivity index (χ1) is 9.37. The minimum atomic E-state index is -3.23. The molecule has 8 heteroatoms. The standard InChI is InChI=1S/C12H17N3O4S/c1-20(18,19)14-9-3-6-15(7-4-9)12(17)10-8-13-5-2-11(10)16/h2,5,8-9,14H,3-4,6-7H2,1H3,(H,13,16). The van der Waals surface area contributed by atoms with Crippen molar-refractivity contribution in [3.05, 3.63) is 34.2 Å². The molecule has 110 valence electrons. The highest BCUT2D eigenvalue weighted by molar-refractivity contribution is 7.88. The molecule has 0 unspecified atom stereocenters. The second-order valence-corrected chi connectivity index (χ2v) is 6.66. The van der Waals surface area contributed by atoms with Crippen LogP contribution in [-0.4, -0.2) is 49.6 Å². The van der Waals surface area contributed by atoms with Crippen LogP contribution in [0.3, 0.4) is 0 Å². The van der Waals surface area contributed by atoms with Gasteiger partial charge in [0.1, 0.15) is 5.56 Å². The number of nitrogens with one attached hydrogen (secondary N) is 2. The summed E-state index contributed by atoms with van der Waals surface area (Å²) in [6, 6.07) is 1.16. The summed E-state index contributed by atoms with van der Waals surface area (Å²) in [5, 5.41) is 0. The lowest BCUT2D eigenvalue weighted by Crippen LogP contribution is -2.47. The molecule has 20 heavy (non-hydrogen) atoms. The molecule has 1 aromatic rings. The maximum Gasteiger partial charge on any atom is 0.259 e. The van der Waals surface area contributed by atoms with Gasteiger partial charge in [-0.25, -0.2) is 13.1 Å². The van der Waals surface area contributed by atoms with E-state index in [9.17, 15) is 18.0 Å². The Hall–Kier alpha value is -1.67. The first-order valence-electron chi connectivity index (χ1n) is 6.30. The summed E-state index contributed by atoms with van der Waals surface area (Å²) in [5.41, 5.74) is -0.202. The predicted molar refractivity (Wildman–Crippen MR) is 74.0 cm³/mol. The van der Waals surface area contributed by atoms with Crippen LogP contribution >= 0.6 is 0 Å². The molecule has 1 fully saturated rings. The second kappa shape index (κ2) is 5.76. The van der Waals surface area contributed by atoms with Crippen molar-refractivity contribution >= 4 is 15.9 Å². The van der Waals surface area contributed by atoms with E-state index in [0.717, 1.165) is 6.26 Å². The number of nitrogens with zero attached hydrogens (tertiary/aromatic N) is 1. The van der Waals surface area contributed by atoms with Crippen molar-refractivity contribution in [2.24, 2.45) is 0 Å². The van der Waals surface area contributed by atoms with Gasteiger partial charge in [-0.2, -0.15) is 0 Å². The molecule has 0 saturated carbocycles. The number of carbonyl (C=O) groups is 1. The molecule has 0 atom stereocenters. The molecule has 2 N–H and O–H groups in total. The van der Waals surface area contributed by atoms with Crippen molar-refractivity contribution in [3.8, 4) is 0 Å². The Labute approximate surface area is 117 Å². The summed E-state index contributed by atoms with van der Waals surface area (Å²) in [6.45, 7) is 0.862. The molecule has 7 nitrogen and oxygen atoms in total. The second-order valence-electron chi connectivity index (χ2n) is 4.88. The first-order valence-corrected chi connectivity index (χ1v) is 8.19. The number of likely N-dealkylation sites (tertiary alicyclic amines) is 1. The number of aromatic amines is 1. The lowest BCUT2D eigenvalue weighted by atomic mass is 10.1. The van der Waals surface area contributed by atoms with Crippen LogP contribution in [0.25, 0.3) is 0 Å². The molecular formula is C12H17N3O4S. The van der Waals surface area contributed by atoms with Crippen LogP contribution in [0.5, 0.6) is 0 Å². The average Bonchev–Trinajstić information content (AvgIpc) is 2.37. The molecule has 0 radical (unpaired) electrons. The number of piperidine rings is 1. The highest BCUT2D eigenvalue weighted by Crippen LogP contribution is 2.13.